The first-order valence-electron chi connectivity index (χ1n) is 7.89. The Morgan fingerprint density at radius 1 is 1.36 bits per heavy atom. The quantitative estimate of drug-likeness (QED) is 0.890. The molecule has 1 aliphatic rings. The fourth-order valence-electron chi connectivity index (χ4n) is 2.67. The molecule has 1 aliphatic heterocycles. The number of nitrogens with zero attached hydrogens (tertiary/aromatic N) is 2. The monoisotopic (exact) mass is 341 g/mol. The van der Waals surface area contributed by atoms with Crippen LogP contribution in [0.25, 0.3) is 0 Å². The van der Waals surface area contributed by atoms with Gasteiger partial charge in [0.05, 0.1) is 19.9 Å². The lowest BCUT2D eigenvalue weighted by Crippen LogP contribution is -2.54. The van der Waals surface area contributed by atoms with E-state index in [2.05, 4.69) is 10.3 Å². The van der Waals surface area contributed by atoms with E-state index in [1.165, 1.54) is 18.2 Å². The largest absolute Gasteiger partial charge is 0.494 e. The summed E-state index contributed by atoms with van der Waals surface area (Å²) in [6, 6.07) is 10.5. The summed E-state index contributed by atoms with van der Waals surface area (Å²) in [7, 11) is 1.51. The van der Waals surface area contributed by atoms with Crippen molar-refractivity contribution in [2.75, 3.05) is 25.6 Å². The minimum Gasteiger partial charge on any atom is -0.494 e. The number of carbonyl (C=O) groups is 2. The molecule has 0 radical (unpaired) electrons. The van der Waals surface area contributed by atoms with Crippen molar-refractivity contribution in [2.45, 2.75) is 12.6 Å². The third-order valence-corrected chi connectivity index (χ3v) is 3.96. The van der Waals surface area contributed by atoms with Crippen LogP contribution < -0.4 is 10.1 Å². The molecule has 0 saturated carbocycles. The highest BCUT2D eigenvalue weighted by Gasteiger charge is 2.34. The number of methoxy groups -OCH3 is 1. The smallest absolute Gasteiger partial charge is 0.249 e. The topological polar surface area (TPSA) is 80.8 Å². The van der Waals surface area contributed by atoms with Crippen molar-refractivity contribution in [3.8, 4) is 5.75 Å². The summed E-state index contributed by atoms with van der Waals surface area (Å²) in [6.07, 6.45) is 3.08. The van der Waals surface area contributed by atoms with Gasteiger partial charge < -0.3 is 19.7 Å². The van der Waals surface area contributed by atoms with Gasteiger partial charge in [-0.25, -0.2) is 0 Å². The molecule has 2 aromatic rings. The van der Waals surface area contributed by atoms with E-state index in [9.17, 15) is 9.59 Å². The summed E-state index contributed by atoms with van der Waals surface area (Å²) in [6.45, 7) is 0.477. The number of carbonyl (C=O) groups excluding carboxylic acids is 2. The molecule has 2 amide bonds. The van der Waals surface area contributed by atoms with E-state index in [1.54, 1.807) is 12.3 Å². The number of hydrogen-bond donors (Lipinski definition) is 1. The molecule has 0 aliphatic carbocycles. The molecular weight excluding hydrogens is 322 g/mol. The van der Waals surface area contributed by atoms with E-state index >= 15 is 0 Å². The first-order valence-corrected chi connectivity index (χ1v) is 7.89. The number of aromatic nitrogens is 1. The van der Waals surface area contributed by atoms with Gasteiger partial charge in [-0.15, -0.1) is 0 Å². The van der Waals surface area contributed by atoms with Crippen LogP contribution in [-0.4, -0.2) is 48.1 Å². The van der Waals surface area contributed by atoms with Crippen molar-refractivity contribution >= 4 is 17.5 Å². The highest BCUT2D eigenvalue weighted by atomic mass is 16.5. The van der Waals surface area contributed by atoms with Crippen LogP contribution in [0.4, 0.5) is 5.69 Å². The molecule has 1 aromatic carbocycles. The van der Waals surface area contributed by atoms with Gasteiger partial charge in [0, 0.05) is 18.8 Å². The first-order chi connectivity index (χ1) is 12.2. The summed E-state index contributed by atoms with van der Waals surface area (Å²) in [5.74, 6) is -0.0512. The lowest BCUT2D eigenvalue weighted by atomic mass is 10.1. The maximum absolute atomic E-state index is 12.7. The van der Waals surface area contributed by atoms with E-state index in [4.69, 9.17) is 9.47 Å². The van der Waals surface area contributed by atoms with Crippen molar-refractivity contribution in [3.63, 3.8) is 0 Å². The third-order valence-electron chi connectivity index (χ3n) is 3.96. The van der Waals surface area contributed by atoms with Crippen LogP contribution in [0.15, 0.2) is 48.8 Å². The van der Waals surface area contributed by atoms with Gasteiger partial charge in [-0.3, -0.25) is 14.6 Å². The van der Waals surface area contributed by atoms with Crippen molar-refractivity contribution in [1.29, 1.82) is 0 Å². The van der Waals surface area contributed by atoms with Crippen LogP contribution in [0.3, 0.4) is 0 Å². The molecule has 1 atom stereocenters. The molecule has 1 N–H and O–H groups in total. The predicted octanol–water partition coefficient (Wildman–Crippen LogP) is 1.46. The highest BCUT2D eigenvalue weighted by Crippen LogP contribution is 2.23. The van der Waals surface area contributed by atoms with E-state index in [0.717, 1.165) is 5.56 Å². The lowest BCUT2D eigenvalue weighted by Gasteiger charge is -2.34. The summed E-state index contributed by atoms with van der Waals surface area (Å²) in [4.78, 5) is 30.5. The Morgan fingerprint density at radius 2 is 2.16 bits per heavy atom. The minimum atomic E-state index is -0.716. The molecule has 7 nitrogen and oxygen atoms in total. The van der Waals surface area contributed by atoms with Crippen molar-refractivity contribution in [1.82, 2.24) is 9.88 Å². The number of amides is 2. The van der Waals surface area contributed by atoms with Crippen LogP contribution in [0.2, 0.25) is 0 Å². The Morgan fingerprint density at radius 3 is 2.92 bits per heavy atom. The number of rotatable bonds is 5. The first kappa shape index (κ1) is 16.9. The van der Waals surface area contributed by atoms with E-state index < -0.39 is 6.04 Å². The second-order valence-corrected chi connectivity index (χ2v) is 5.60. The van der Waals surface area contributed by atoms with Gasteiger partial charge in [0.15, 0.2) is 0 Å². The van der Waals surface area contributed by atoms with Gasteiger partial charge in [0.25, 0.3) is 0 Å². The molecule has 2 heterocycles. The molecule has 130 valence electrons. The molecule has 0 spiro atoms. The number of pyridine rings is 1. The fraction of sp³-hybridized carbons (Fsp3) is 0.278. The number of anilines is 1. The zero-order valence-corrected chi connectivity index (χ0v) is 13.8. The summed E-state index contributed by atoms with van der Waals surface area (Å²) >= 11 is 0. The molecule has 0 unspecified atom stereocenters. The number of morpholine rings is 1. The van der Waals surface area contributed by atoms with E-state index in [0.29, 0.717) is 18.0 Å². The predicted molar refractivity (Wildman–Crippen MR) is 91.0 cm³/mol. The molecular formula is C18H19N3O4. The number of nitrogens with one attached hydrogen (secondary N) is 1. The van der Waals surface area contributed by atoms with Crippen LogP contribution in [0.5, 0.6) is 5.75 Å². The third kappa shape index (κ3) is 3.95. The SMILES string of the molecule is COc1ccncc1NC(=O)[C@H]1COCC(=O)N1Cc1ccccc1. The van der Waals surface area contributed by atoms with E-state index in [1.807, 2.05) is 30.3 Å². The fourth-order valence-corrected chi connectivity index (χ4v) is 2.67. The Kier molecular flexibility index (Phi) is 5.25. The molecule has 0 bridgehead atoms. The zero-order valence-electron chi connectivity index (χ0n) is 13.8. The maximum Gasteiger partial charge on any atom is 0.249 e. The number of ether oxygens (including phenoxy) is 2. The molecule has 1 saturated heterocycles. The minimum absolute atomic E-state index is 0.0210. The standard InChI is InChI=1S/C18H19N3O4/c1-24-16-7-8-19-9-14(16)20-18(23)15-11-25-12-17(22)21(15)10-13-5-3-2-4-6-13/h2-9,15H,10-12H2,1H3,(H,20,23)/t15-/m1/s1. The normalized spacial score (nSPS) is 17.2. The lowest BCUT2D eigenvalue weighted by molar-refractivity contribution is -0.154. The summed E-state index contributed by atoms with van der Waals surface area (Å²) in [5.41, 5.74) is 1.40. The molecule has 1 aromatic heterocycles. The van der Waals surface area contributed by atoms with E-state index in [-0.39, 0.29) is 25.0 Å². The maximum atomic E-state index is 12.7. The van der Waals surface area contributed by atoms with Crippen LogP contribution >= 0.6 is 0 Å². The Bertz CT molecular complexity index is 751. The zero-order chi connectivity index (χ0) is 17.6. The summed E-state index contributed by atoms with van der Waals surface area (Å²) in [5, 5.41) is 2.77. The second kappa shape index (κ2) is 7.76. The average Bonchev–Trinajstić information content (AvgIpc) is 2.64. The highest BCUT2D eigenvalue weighted by molar-refractivity contribution is 5.98. The Balaban J connectivity index is 1.77. The molecule has 3 rings (SSSR count). The Hall–Kier alpha value is -2.93. The van der Waals surface area contributed by atoms with Crippen LogP contribution in [-0.2, 0) is 20.9 Å². The number of benzene rings is 1. The second-order valence-electron chi connectivity index (χ2n) is 5.60. The van der Waals surface area contributed by atoms with Gasteiger partial charge >= 0.3 is 0 Å². The number of hydrogen-bond acceptors (Lipinski definition) is 5. The van der Waals surface area contributed by atoms with Gasteiger partial charge in [0.2, 0.25) is 11.8 Å². The van der Waals surface area contributed by atoms with Gasteiger partial charge in [0.1, 0.15) is 24.1 Å². The van der Waals surface area contributed by atoms with Crippen molar-refractivity contribution < 1.29 is 19.1 Å². The van der Waals surface area contributed by atoms with Gasteiger partial charge in [-0.2, -0.15) is 0 Å². The van der Waals surface area contributed by atoms with Gasteiger partial charge in [-0.1, -0.05) is 30.3 Å². The molecule has 25 heavy (non-hydrogen) atoms. The summed E-state index contributed by atoms with van der Waals surface area (Å²) < 4.78 is 10.5. The average molecular weight is 341 g/mol. The molecule has 7 heteroatoms. The van der Waals surface area contributed by atoms with Crippen LogP contribution in [0, 0.1) is 0 Å². The van der Waals surface area contributed by atoms with Gasteiger partial charge in [-0.05, 0) is 5.56 Å². The molecule has 1 fully saturated rings. The Labute approximate surface area is 145 Å². The van der Waals surface area contributed by atoms with Crippen molar-refractivity contribution in [3.05, 3.63) is 54.4 Å². The van der Waals surface area contributed by atoms with Crippen molar-refractivity contribution in [2.24, 2.45) is 0 Å². The van der Waals surface area contributed by atoms with Crippen LogP contribution in [0.1, 0.15) is 5.56 Å².